The summed E-state index contributed by atoms with van der Waals surface area (Å²) in [5, 5.41) is 3.87. The predicted octanol–water partition coefficient (Wildman–Crippen LogP) is 6.09. The molecule has 3 aromatic carbocycles. The van der Waals surface area contributed by atoms with Crippen LogP contribution in [0.1, 0.15) is 12.5 Å². The molecule has 0 nitrogen and oxygen atoms in total. The van der Waals surface area contributed by atoms with Crippen LogP contribution in [0.5, 0.6) is 0 Å². The number of halogens is 2. The third kappa shape index (κ3) is 3.06. The molecule has 0 saturated heterocycles. The van der Waals surface area contributed by atoms with E-state index in [1.165, 1.54) is 21.9 Å². The molecule has 0 N–H and O–H groups in total. The van der Waals surface area contributed by atoms with Crippen molar-refractivity contribution >= 4 is 34.0 Å². The van der Waals surface area contributed by atoms with E-state index in [1.54, 1.807) is 6.07 Å². The summed E-state index contributed by atoms with van der Waals surface area (Å²) in [6.07, 6.45) is 1.05. The fourth-order valence-corrected chi connectivity index (χ4v) is 2.99. The van der Waals surface area contributed by atoms with Gasteiger partial charge < -0.3 is 0 Å². The Balaban J connectivity index is 0.00000147. The molecule has 0 aliphatic rings. The zero-order valence-electron chi connectivity index (χ0n) is 11.1. The molecule has 0 heterocycles. The Morgan fingerprint density at radius 3 is 2.35 bits per heavy atom. The molecule has 0 unspecified atom stereocenters. The number of hydrogen-bond acceptors (Lipinski definition) is 0. The van der Waals surface area contributed by atoms with Crippen LogP contribution in [0.25, 0.3) is 21.9 Å². The van der Waals surface area contributed by atoms with Crippen LogP contribution in [0, 0.1) is 0 Å². The minimum absolute atomic E-state index is 0. The first-order valence-electron chi connectivity index (χ1n) is 6.32. The zero-order valence-corrected chi connectivity index (χ0v) is 15.1. The van der Waals surface area contributed by atoms with Crippen LogP contribution in [0.15, 0.2) is 48.5 Å². The van der Waals surface area contributed by atoms with Gasteiger partial charge in [0.05, 0.1) is 0 Å². The van der Waals surface area contributed by atoms with Gasteiger partial charge in [-0.1, -0.05) is 41.8 Å². The minimum Gasteiger partial charge on any atom is -0.164 e. The van der Waals surface area contributed by atoms with Crippen molar-refractivity contribution < 1.29 is 26.2 Å². The fraction of sp³-hybridized carbons (Fsp3) is 0.118. The van der Waals surface area contributed by atoms with E-state index in [0.29, 0.717) is 10.0 Å². The van der Waals surface area contributed by atoms with Gasteiger partial charge in [0, 0.05) is 36.2 Å². The molecular formula is C17H13Cl2Zr-. The molecule has 3 heteroatoms. The van der Waals surface area contributed by atoms with Crippen molar-refractivity contribution in [2.45, 2.75) is 13.3 Å². The predicted molar refractivity (Wildman–Crippen MR) is 84.4 cm³/mol. The number of benzene rings is 2. The van der Waals surface area contributed by atoms with Crippen molar-refractivity contribution in [2.24, 2.45) is 0 Å². The second-order valence-electron chi connectivity index (χ2n) is 4.68. The summed E-state index contributed by atoms with van der Waals surface area (Å²) in [5.41, 5.74) is 3.61. The van der Waals surface area contributed by atoms with Gasteiger partial charge in [0.25, 0.3) is 0 Å². The molecule has 0 saturated carbocycles. The third-order valence-electron chi connectivity index (χ3n) is 3.39. The van der Waals surface area contributed by atoms with Gasteiger partial charge in [0.15, 0.2) is 0 Å². The molecule has 0 atom stereocenters. The van der Waals surface area contributed by atoms with E-state index in [1.807, 2.05) is 12.1 Å². The maximum atomic E-state index is 6.10. The summed E-state index contributed by atoms with van der Waals surface area (Å²) in [6.45, 7) is 2.17. The summed E-state index contributed by atoms with van der Waals surface area (Å²) < 4.78 is 0. The van der Waals surface area contributed by atoms with Crippen LogP contribution in [-0.2, 0) is 32.6 Å². The topological polar surface area (TPSA) is 0 Å². The van der Waals surface area contributed by atoms with Gasteiger partial charge in [0.2, 0.25) is 0 Å². The van der Waals surface area contributed by atoms with Crippen molar-refractivity contribution in [2.75, 3.05) is 0 Å². The Morgan fingerprint density at radius 2 is 1.70 bits per heavy atom. The van der Waals surface area contributed by atoms with Gasteiger partial charge in [-0.2, -0.15) is 6.07 Å². The molecule has 20 heavy (non-hydrogen) atoms. The Hall–Kier alpha value is -0.487. The first-order chi connectivity index (χ1) is 9.17. The van der Waals surface area contributed by atoms with Crippen LogP contribution in [0.2, 0.25) is 10.0 Å². The van der Waals surface area contributed by atoms with Gasteiger partial charge in [-0.3, -0.25) is 0 Å². The van der Waals surface area contributed by atoms with E-state index >= 15 is 0 Å². The third-order valence-corrected chi connectivity index (χ3v) is 3.83. The summed E-state index contributed by atoms with van der Waals surface area (Å²) in [7, 11) is 0. The monoisotopic (exact) mass is 377 g/mol. The first-order valence-corrected chi connectivity index (χ1v) is 7.08. The molecule has 0 radical (unpaired) electrons. The number of aryl methyl sites for hydroxylation is 1. The smallest absolute Gasteiger partial charge is 0.0426 e. The summed E-state index contributed by atoms with van der Waals surface area (Å²) in [5.74, 6) is 0. The first kappa shape index (κ1) is 15.9. The number of hydrogen-bond donors (Lipinski definition) is 0. The van der Waals surface area contributed by atoms with Crippen molar-refractivity contribution in [3.8, 4) is 11.1 Å². The quantitative estimate of drug-likeness (QED) is 0.473. The molecule has 0 spiro atoms. The average molecular weight is 379 g/mol. The molecule has 0 amide bonds. The second kappa shape index (κ2) is 6.52. The van der Waals surface area contributed by atoms with E-state index < -0.39 is 0 Å². The Morgan fingerprint density at radius 1 is 1.00 bits per heavy atom. The second-order valence-corrected chi connectivity index (χ2v) is 5.56. The summed E-state index contributed by atoms with van der Waals surface area (Å²) in [4.78, 5) is 0. The number of fused-ring (bicyclic) bond motifs is 1. The van der Waals surface area contributed by atoms with Gasteiger partial charge in [-0.25, -0.2) is 0 Å². The number of rotatable bonds is 2. The molecule has 0 fully saturated rings. The SMILES string of the molecule is CCc1cc2c(-c3cc(Cl)cc(Cl)c3)cccc2[cH-]1.[Zr]. The van der Waals surface area contributed by atoms with E-state index in [2.05, 4.69) is 37.3 Å². The molecule has 0 aliphatic heterocycles. The zero-order chi connectivity index (χ0) is 13.4. The average Bonchev–Trinajstić information content (AvgIpc) is 2.80. The van der Waals surface area contributed by atoms with E-state index in [0.717, 1.165) is 12.0 Å². The summed E-state index contributed by atoms with van der Waals surface area (Å²) in [6, 6.07) is 16.5. The Labute approximate surface area is 148 Å². The van der Waals surface area contributed by atoms with Crippen molar-refractivity contribution in [1.82, 2.24) is 0 Å². The van der Waals surface area contributed by atoms with Gasteiger partial charge in [-0.05, 0) is 30.2 Å². The molecule has 3 aromatic rings. The molecule has 0 aliphatic carbocycles. The van der Waals surface area contributed by atoms with Crippen molar-refractivity contribution in [3.63, 3.8) is 0 Å². The molecule has 100 valence electrons. The van der Waals surface area contributed by atoms with Crippen LogP contribution in [0.4, 0.5) is 0 Å². The Kier molecular flexibility index (Phi) is 5.18. The van der Waals surface area contributed by atoms with E-state index in [4.69, 9.17) is 23.2 Å². The molecular weight excluding hydrogens is 366 g/mol. The van der Waals surface area contributed by atoms with E-state index in [-0.39, 0.29) is 26.2 Å². The minimum atomic E-state index is 0. The maximum Gasteiger partial charge on any atom is 0.0426 e. The molecule has 3 rings (SSSR count). The van der Waals surface area contributed by atoms with Crippen LogP contribution >= 0.6 is 23.2 Å². The van der Waals surface area contributed by atoms with Crippen LogP contribution in [-0.4, -0.2) is 0 Å². The van der Waals surface area contributed by atoms with Crippen molar-refractivity contribution in [3.05, 3.63) is 64.1 Å². The normalized spacial score (nSPS) is 10.6. The Bertz CT molecular complexity index is 724. The van der Waals surface area contributed by atoms with Gasteiger partial charge in [0.1, 0.15) is 0 Å². The standard InChI is InChI=1S/C17H13Cl2.Zr/c1-2-11-6-12-4-3-5-16(17(12)7-11)13-8-14(18)10-15(19)9-13;/h3-10H,2H2,1H3;/q-1;. The van der Waals surface area contributed by atoms with Crippen LogP contribution in [0.3, 0.4) is 0 Å². The van der Waals surface area contributed by atoms with Crippen LogP contribution < -0.4 is 0 Å². The maximum absolute atomic E-state index is 6.10. The van der Waals surface area contributed by atoms with Gasteiger partial charge >= 0.3 is 0 Å². The van der Waals surface area contributed by atoms with E-state index in [9.17, 15) is 0 Å². The van der Waals surface area contributed by atoms with Gasteiger partial charge in [-0.15, -0.1) is 34.5 Å². The molecule has 0 aromatic heterocycles. The largest absolute Gasteiger partial charge is 0.164 e. The molecule has 0 bridgehead atoms. The van der Waals surface area contributed by atoms with Crippen molar-refractivity contribution in [1.29, 1.82) is 0 Å². The summed E-state index contributed by atoms with van der Waals surface area (Å²) >= 11 is 12.2. The fourth-order valence-electron chi connectivity index (χ4n) is 2.46.